The van der Waals surface area contributed by atoms with Crippen LogP contribution in [0.15, 0.2) is 48.5 Å². The van der Waals surface area contributed by atoms with E-state index in [2.05, 4.69) is 5.32 Å². The van der Waals surface area contributed by atoms with Gasteiger partial charge in [-0.3, -0.25) is 19.4 Å². The van der Waals surface area contributed by atoms with E-state index in [0.29, 0.717) is 10.7 Å². The Kier molecular flexibility index (Phi) is 5.41. The molecule has 6 nitrogen and oxygen atoms in total. The van der Waals surface area contributed by atoms with Crippen LogP contribution in [0.25, 0.3) is 0 Å². The minimum atomic E-state index is -0.771. The summed E-state index contributed by atoms with van der Waals surface area (Å²) < 4.78 is 13.1. The number of nitrogens with one attached hydrogen (secondary N) is 1. The fourth-order valence-corrected chi connectivity index (χ4v) is 2.94. The zero-order chi connectivity index (χ0) is 19.6. The van der Waals surface area contributed by atoms with Crippen molar-refractivity contribution < 1.29 is 18.8 Å². The molecule has 0 aliphatic carbocycles. The fourth-order valence-electron chi connectivity index (χ4n) is 2.81. The number of urea groups is 1. The Morgan fingerprint density at radius 3 is 2.37 bits per heavy atom. The Morgan fingerprint density at radius 2 is 1.74 bits per heavy atom. The SMILES string of the molecule is C[C@H]1C(=O)N(CC(=O)NCc2ccc(Cl)cc2)C(=O)N1c1ccc(F)cc1. The van der Waals surface area contributed by atoms with Crippen molar-refractivity contribution in [3.8, 4) is 0 Å². The van der Waals surface area contributed by atoms with Gasteiger partial charge < -0.3 is 5.32 Å². The van der Waals surface area contributed by atoms with Crippen molar-refractivity contribution in [2.24, 2.45) is 0 Å². The van der Waals surface area contributed by atoms with Gasteiger partial charge in [0.1, 0.15) is 18.4 Å². The number of halogens is 2. The molecular formula is C19H17ClFN3O3. The lowest BCUT2D eigenvalue weighted by Crippen LogP contribution is -2.41. The summed E-state index contributed by atoms with van der Waals surface area (Å²) in [7, 11) is 0. The Labute approximate surface area is 160 Å². The highest BCUT2D eigenvalue weighted by Gasteiger charge is 2.43. The largest absolute Gasteiger partial charge is 0.350 e. The highest BCUT2D eigenvalue weighted by molar-refractivity contribution is 6.30. The normalized spacial score (nSPS) is 16.8. The quantitative estimate of drug-likeness (QED) is 0.799. The molecular weight excluding hydrogens is 373 g/mol. The van der Waals surface area contributed by atoms with Crippen molar-refractivity contribution >= 4 is 35.1 Å². The van der Waals surface area contributed by atoms with Gasteiger partial charge in [0.25, 0.3) is 5.91 Å². The van der Waals surface area contributed by atoms with Gasteiger partial charge in [0, 0.05) is 17.3 Å². The van der Waals surface area contributed by atoms with Gasteiger partial charge in [0.05, 0.1) is 0 Å². The number of hydrogen-bond donors (Lipinski definition) is 1. The van der Waals surface area contributed by atoms with E-state index < -0.39 is 29.7 Å². The van der Waals surface area contributed by atoms with E-state index in [-0.39, 0.29) is 13.1 Å². The van der Waals surface area contributed by atoms with E-state index in [1.54, 1.807) is 31.2 Å². The van der Waals surface area contributed by atoms with E-state index in [0.717, 1.165) is 10.5 Å². The monoisotopic (exact) mass is 389 g/mol. The first-order valence-electron chi connectivity index (χ1n) is 8.28. The first-order chi connectivity index (χ1) is 12.9. The molecule has 8 heteroatoms. The third-order valence-electron chi connectivity index (χ3n) is 4.26. The Bertz CT molecular complexity index is 871. The number of nitrogens with zero attached hydrogens (tertiary/aromatic N) is 2. The minimum absolute atomic E-state index is 0.253. The molecule has 1 fully saturated rings. The average Bonchev–Trinajstić information content (AvgIpc) is 2.86. The lowest BCUT2D eigenvalue weighted by molar-refractivity contribution is -0.131. The number of benzene rings is 2. The number of amides is 4. The van der Waals surface area contributed by atoms with E-state index in [4.69, 9.17) is 11.6 Å². The van der Waals surface area contributed by atoms with Crippen molar-refractivity contribution in [1.29, 1.82) is 0 Å². The third-order valence-corrected chi connectivity index (χ3v) is 4.51. The summed E-state index contributed by atoms with van der Waals surface area (Å²) in [5.41, 5.74) is 1.24. The maximum atomic E-state index is 13.1. The van der Waals surface area contributed by atoms with Crippen LogP contribution in [0, 0.1) is 5.82 Å². The molecule has 1 N–H and O–H groups in total. The van der Waals surface area contributed by atoms with Crippen molar-refractivity contribution in [2.75, 3.05) is 11.4 Å². The Morgan fingerprint density at radius 1 is 1.11 bits per heavy atom. The molecule has 1 aliphatic rings. The smallest absolute Gasteiger partial charge is 0.332 e. The van der Waals surface area contributed by atoms with Gasteiger partial charge in [0.2, 0.25) is 5.91 Å². The van der Waals surface area contributed by atoms with Crippen molar-refractivity contribution in [3.63, 3.8) is 0 Å². The Hall–Kier alpha value is -2.93. The number of rotatable bonds is 5. The van der Waals surface area contributed by atoms with Gasteiger partial charge in [-0.05, 0) is 48.9 Å². The van der Waals surface area contributed by atoms with Crippen LogP contribution in [0.5, 0.6) is 0 Å². The predicted octanol–water partition coefficient (Wildman–Crippen LogP) is 2.95. The topological polar surface area (TPSA) is 69.7 Å². The summed E-state index contributed by atoms with van der Waals surface area (Å²) in [6.45, 7) is 1.44. The standard InChI is InChI=1S/C19H17ClFN3O3/c1-12-18(26)23(19(27)24(12)16-8-6-15(21)7-9-16)11-17(25)22-10-13-2-4-14(20)5-3-13/h2-9,12H,10-11H2,1H3,(H,22,25)/t12-/m0/s1. The predicted molar refractivity (Wildman–Crippen MR) is 98.7 cm³/mol. The van der Waals surface area contributed by atoms with E-state index in [9.17, 15) is 18.8 Å². The molecule has 4 amide bonds. The molecule has 0 radical (unpaired) electrons. The van der Waals surface area contributed by atoms with Gasteiger partial charge in [0.15, 0.2) is 0 Å². The summed E-state index contributed by atoms with van der Waals surface area (Å²) in [5.74, 6) is -1.38. The van der Waals surface area contributed by atoms with Crippen molar-refractivity contribution in [2.45, 2.75) is 19.5 Å². The van der Waals surface area contributed by atoms with Crippen LogP contribution < -0.4 is 10.2 Å². The number of carbonyl (C=O) groups excluding carboxylic acids is 3. The average molecular weight is 390 g/mol. The molecule has 1 saturated heterocycles. The molecule has 2 aromatic rings. The van der Waals surface area contributed by atoms with E-state index >= 15 is 0 Å². The van der Waals surface area contributed by atoms with Gasteiger partial charge in [-0.1, -0.05) is 23.7 Å². The highest BCUT2D eigenvalue weighted by Crippen LogP contribution is 2.25. The van der Waals surface area contributed by atoms with Crippen LogP contribution in [0.3, 0.4) is 0 Å². The van der Waals surface area contributed by atoms with Crippen LogP contribution >= 0.6 is 11.6 Å². The van der Waals surface area contributed by atoms with E-state index in [1.807, 2.05) is 0 Å². The molecule has 140 valence electrons. The van der Waals surface area contributed by atoms with Crippen LogP contribution in [0.4, 0.5) is 14.9 Å². The van der Waals surface area contributed by atoms with E-state index in [1.165, 1.54) is 29.2 Å². The maximum Gasteiger partial charge on any atom is 0.332 e. The molecule has 0 saturated carbocycles. The van der Waals surface area contributed by atoms with Crippen molar-refractivity contribution in [3.05, 3.63) is 64.9 Å². The molecule has 1 aliphatic heterocycles. The van der Waals surface area contributed by atoms with Crippen LogP contribution in [0.1, 0.15) is 12.5 Å². The van der Waals surface area contributed by atoms with Crippen LogP contribution in [-0.4, -0.2) is 35.3 Å². The molecule has 2 aromatic carbocycles. The molecule has 3 rings (SSSR count). The first-order valence-corrected chi connectivity index (χ1v) is 8.66. The second-order valence-corrected chi connectivity index (χ2v) is 6.57. The number of anilines is 1. The zero-order valence-corrected chi connectivity index (χ0v) is 15.2. The summed E-state index contributed by atoms with van der Waals surface area (Å²) in [5, 5.41) is 3.26. The van der Waals surface area contributed by atoms with Crippen LogP contribution in [0.2, 0.25) is 5.02 Å². The number of carbonyl (C=O) groups is 3. The third kappa shape index (κ3) is 4.09. The second-order valence-electron chi connectivity index (χ2n) is 6.13. The van der Waals surface area contributed by atoms with Crippen LogP contribution in [-0.2, 0) is 16.1 Å². The molecule has 1 heterocycles. The lowest BCUT2D eigenvalue weighted by atomic mass is 10.2. The van der Waals surface area contributed by atoms with Gasteiger partial charge in [-0.25, -0.2) is 9.18 Å². The summed E-state index contributed by atoms with van der Waals surface area (Å²) in [6, 6.07) is 10.8. The molecule has 1 atom stereocenters. The molecule has 0 aromatic heterocycles. The van der Waals surface area contributed by atoms with Gasteiger partial charge in [-0.15, -0.1) is 0 Å². The molecule has 27 heavy (non-hydrogen) atoms. The zero-order valence-electron chi connectivity index (χ0n) is 14.5. The highest BCUT2D eigenvalue weighted by atomic mass is 35.5. The first kappa shape index (κ1) is 18.8. The molecule has 0 bridgehead atoms. The fraction of sp³-hybridized carbons (Fsp3) is 0.211. The molecule has 0 unspecified atom stereocenters. The Balaban J connectivity index is 1.64. The van der Waals surface area contributed by atoms with Gasteiger partial charge in [-0.2, -0.15) is 0 Å². The molecule has 0 spiro atoms. The number of imide groups is 1. The van der Waals surface area contributed by atoms with Crippen molar-refractivity contribution in [1.82, 2.24) is 10.2 Å². The summed E-state index contributed by atoms with van der Waals surface area (Å²) in [4.78, 5) is 39.3. The second kappa shape index (κ2) is 7.75. The summed E-state index contributed by atoms with van der Waals surface area (Å²) in [6.07, 6.45) is 0. The lowest BCUT2D eigenvalue weighted by Gasteiger charge is -2.19. The van der Waals surface area contributed by atoms with Gasteiger partial charge >= 0.3 is 6.03 Å². The minimum Gasteiger partial charge on any atom is -0.350 e. The number of hydrogen-bond acceptors (Lipinski definition) is 3. The summed E-state index contributed by atoms with van der Waals surface area (Å²) >= 11 is 5.81. The maximum absolute atomic E-state index is 13.1.